The number of likely N-dealkylation sites (tertiary alicyclic amines) is 1. The normalized spacial score (nSPS) is 19.7. The minimum absolute atomic E-state index is 0.0303. The van der Waals surface area contributed by atoms with Crippen molar-refractivity contribution in [2.45, 2.75) is 44.4 Å². The van der Waals surface area contributed by atoms with Crippen LogP contribution in [0.15, 0.2) is 11.8 Å². The average molecular weight is 387 g/mol. The molecule has 1 rings (SSSR count). The highest BCUT2D eigenvalue weighted by molar-refractivity contribution is 8.00. The molecule has 10 heteroatoms. The van der Waals surface area contributed by atoms with Gasteiger partial charge < -0.3 is 15.7 Å². The molecule has 0 aromatic carbocycles. The fourth-order valence-electron chi connectivity index (χ4n) is 2.56. The molecule has 1 saturated heterocycles. The molecule has 0 saturated carbocycles. The predicted molar refractivity (Wildman–Crippen MR) is 98.1 cm³/mol. The van der Waals surface area contributed by atoms with Crippen LogP contribution in [0.3, 0.4) is 0 Å². The molecule has 146 valence electrons. The number of aliphatic carboxylic acids is 1. The second-order valence-electron chi connectivity index (χ2n) is 6.07. The summed E-state index contributed by atoms with van der Waals surface area (Å²) in [5.41, 5.74) is 6.04. The van der Waals surface area contributed by atoms with Gasteiger partial charge in [-0.1, -0.05) is 6.08 Å². The van der Waals surface area contributed by atoms with Crippen molar-refractivity contribution in [3.05, 3.63) is 16.7 Å². The number of hydrazine groups is 1. The van der Waals surface area contributed by atoms with E-state index in [1.807, 2.05) is 13.0 Å². The summed E-state index contributed by atoms with van der Waals surface area (Å²) in [6.07, 6.45) is 3.21. The highest BCUT2D eigenvalue weighted by Crippen LogP contribution is 2.31. The van der Waals surface area contributed by atoms with Crippen molar-refractivity contribution < 1.29 is 24.4 Å². The SMILES string of the molecule is CC=C1CC(SCC[N+](=O)N(C)C(C)C(=O)O)C(=O)N1CCCC(N)=O. The first-order chi connectivity index (χ1) is 12.2. The van der Waals surface area contributed by atoms with Gasteiger partial charge in [0, 0.05) is 25.1 Å². The highest BCUT2D eigenvalue weighted by atomic mass is 32.2. The number of likely N-dealkylation sites (N-methyl/N-ethyl adjacent to an activating group) is 1. The third kappa shape index (κ3) is 6.01. The van der Waals surface area contributed by atoms with E-state index in [9.17, 15) is 19.3 Å². The topological polar surface area (TPSA) is 124 Å². The van der Waals surface area contributed by atoms with E-state index in [2.05, 4.69) is 0 Å². The predicted octanol–water partition coefficient (Wildman–Crippen LogP) is 0.589. The summed E-state index contributed by atoms with van der Waals surface area (Å²) >= 11 is 1.38. The molecule has 1 fully saturated rings. The van der Waals surface area contributed by atoms with Gasteiger partial charge in [0.1, 0.15) is 4.87 Å². The van der Waals surface area contributed by atoms with Crippen LogP contribution in [-0.2, 0) is 14.4 Å². The van der Waals surface area contributed by atoms with Crippen molar-refractivity contribution in [2.75, 3.05) is 25.9 Å². The molecule has 1 heterocycles. The van der Waals surface area contributed by atoms with Gasteiger partial charge in [-0.15, -0.1) is 16.8 Å². The van der Waals surface area contributed by atoms with Gasteiger partial charge in [0.15, 0.2) is 6.04 Å². The molecule has 26 heavy (non-hydrogen) atoms. The Labute approximate surface area is 157 Å². The molecule has 0 radical (unpaired) electrons. The van der Waals surface area contributed by atoms with Crippen LogP contribution in [0.2, 0.25) is 0 Å². The molecule has 2 amide bonds. The highest BCUT2D eigenvalue weighted by Gasteiger charge is 2.36. The number of nitroso groups, excluding NO2 is 1. The summed E-state index contributed by atoms with van der Waals surface area (Å²) in [6.45, 7) is 3.84. The summed E-state index contributed by atoms with van der Waals surface area (Å²) in [5.74, 6) is -1.09. The zero-order valence-electron chi connectivity index (χ0n) is 15.4. The third-order valence-electron chi connectivity index (χ3n) is 4.29. The number of nitrogens with two attached hydrogens (primary N) is 1. The molecule has 0 bridgehead atoms. The molecule has 3 N–H and O–H groups in total. The number of hydrogen-bond acceptors (Lipinski definition) is 5. The van der Waals surface area contributed by atoms with Crippen LogP contribution in [-0.4, -0.2) is 74.8 Å². The first kappa shape index (κ1) is 21.9. The van der Waals surface area contributed by atoms with Gasteiger partial charge in [-0.2, -0.15) is 0 Å². The Morgan fingerprint density at radius 1 is 1.54 bits per heavy atom. The standard InChI is InChI=1S/C16H26N4O5S/c1-4-12-10-13(15(22)19(12)7-5-6-14(17)21)26-9-8-20(25)18(3)11(2)16(23)24/h4,11,13H,5-10H2,1-3H3,(H2-,17,21,23,24)/p+1. The fourth-order valence-corrected chi connectivity index (χ4v) is 3.66. The maximum absolute atomic E-state index is 12.5. The van der Waals surface area contributed by atoms with E-state index in [1.54, 1.807) is 4.90 Å². The Bertz CT molecular complexity index is 595. The van der Waals surface area contributed by atoms with Crippen LogP contribution < -0.4 is 5.73 Å². The third-order valence-corrected chi connectivity index (χ3v) is 5.48. The van der Waals surface area contributed by atoms with Crippen molar-refractivity contribution in [3.63, 3.8) is 0 Å². The number of primary amides is 1. The van der Waals surface area contributed by atoms with Gasteiger partial charge in [0.05, 0.1) is 23.0 Å². The molecule has 0 aromatic rings. The monoisotopic (exact) mass is 387 g/mol. The number of carbonyl (C=O) groups excluding carboxylic acids is 2. The Morgan fingerprint density at radius 2 is 2.19 bits per heavy atom. The van der Waals surface area contributed by atoms with Crippen LogP contribution in [0.1, 0.15) is 33.1 Å². The molecule has 9 nitrogen and oxygen atoms in total. The zero-order valence-corrected chi connectivity index (χ0v) is 16.2. The maximum atomic E-state index is 12.5. The molecule has 0 aromatic heterocycles. The quantitative estimate of drug-likeness (QED) is 0.393. The van der Waals surface area contributed by atoms with Crippen LogP contribution in [0, 0.1) is 4.91 Å². The smallest absolute Gasteiger partial charge is 0.331 e. The van der Waals surface area contributed by atoms with Crippen LogP contribution in [0.4, 0.5) is 0 Å². The molecule has 0 aliphatic carbocycles. The van der Waals surface area contributed by atoms with Crippen molar-refractivity contribution in [3.8, 4) is 0 Å². The van der Waals surface area contributed by atoms with Crippen LogP contribution in [0.25, 0.3) is 0 Å². The second-order valence-corrected chi connectivity index (χ2v) is 7.38. The first-order valence-corrected chi connectivity index (χ1v) is 9.50. The second kappa shape index (κ2) is 10.1. The molecule has 2 unspecified atom stereocenters. The minimum atomic E-state index is -1.07. The Morgan fingerprint density at radius 3 is 2.73 bits per heavy atom. The van der Waals surface area contributed by atoms with E-state index in [-0.39, 0.29) is 30.0 Å². The van der Waals surface area contributed by atoms with Crippen LogP contribution in [0.5, 0.6) is 0 Å². The van der Waals surface area contributed by atoms with Gasteiger partial charge in [-0.3, -0.25) is 9.59 Å². The summed E-state index contributed by atoms with van der Waals surface area (Å²) in [4.78, 5) is 48.5. The summed E-state index contributed by atoms with van der Waals surface area (Å²) in [5, 5.41) is 9.77. The zero-order chi connectivity index (χ0) is 19.9. The first-order valence-electron chi connectivity index (χ1n) is 8.45. The lowest BCUT2D eigenvalue weighted by molar-refractivity contribution is -0.703. The lowest BCUT2D eigenvalue weighted by atomic mass is 10.2. The van der Waals surface area contributed by atoms with E-state index in [0.29, 0.717) is 30.0 Å². The maximum Gasteiger partial charge on any atom is 0.331 e. The number of rotatable bonds is 11. The average Bonchev–Trinajstić information content (AvgIpc) is 2.88. The van der Waals surface area contributed by atoms with E-state index in [4.69, 9.17) is 10.8 Å². The van der Waals surface area contributed by atoms with Gasteiger partial charge >= 0.3 is 5.97 Å². The lowest BCUT2D eigenvalue weighted by Gasteiger charge is -2.17. The number of carboxylic acid groups (broad SMARTS) is 1. The number of hydrogen-bond donors (Lipinski definition) is 2. The Hall–Kier alpha value is -2.10. The van der Waals surface area contributed by atoms with Gasteiger partial charge in [0.25, 0.3) is 0 Å². The van der Waals surface area contributed by atoms with E-state index < -0.39 is 12.0 Å². The molecule has 1 aliphatic rings. The van der Waals surface area contributed by atoms with Crippen LogP contribution >= 0.6 is 11.8 Å². The number of allylic oxidation sites excluding steroid dienone is 2. The van der Waals surface area contributed by atoms with Gasteiger partial charge in [0.2, 0.25) is 18.4 Å². The van der Waals surface area contributed by atoms with E-state index in [1.165, 1.54) is 25.7 Å². The molecule has 0 spiro atoms. The Kier molecular flexibility index (Phi) is 8.56. The molecule has 1 aliphatic heterocycles. The van der Waals surface area contributed by atoms with E-state index >= 15 is 0 Å². The van der Waals surface area contributed by atoms with Crippen molar-refractivity contribution in [2.24, 2.45) is 5.73 Å². The van der Waals surface area contributed by atoms with Gasteiger partial charge in [-0.05, 0) is 20.3 Å². The van der Waals surface area contributed by atoms with Crippen molar-refractivity contribution >= 4 is 29.5 Å². The summed E-state index contributed by atoms with van der Waals surface area (Å²) in [6, 6.07) is -0.916. The molecular formula is C16H27N4O5S+. The minimum Gasteiger partial charge on any atom is -0.480 e. The van der Waals surface area contributed by atoms with E-state index in [0.717, 1.165) is 10.7 Å². The molecule has 2 atom stereocenters. The largest absolute Gasteiger partial charge is 0.480 e. The van der Waals surface area contributed by atoms with Gasteiger partial charge in [-0.25, -0.2) is 4.79 Å². The summed E-state index contributed by atoms with van der Waals surface area (Å²) < 4.78 is 0. The Balaban J connectivity index is 2.50. The fraction of sp³-hybridized carbons (Fsp3) is 0.688. The molecular weight excluding hydrogens is 360 g/mol. The number of amides is 2. The number of carbonyl (C=O) groups is 3. The van der Waals surface area contributed by atoms with Crippen molar-refractivity contribution in [1.29, 1.82) is 0 Å². The summed E-state index contributed by atoms with van der Waals surface area (Å²) in [7, 11) is 1.43. The number of thioether (sulfide) groups is 1. The number of carboxylic acids is 1. The lowest BCUT2D eigenvalue weighted by Crippen LogP contribution is -2.42. The van der Waals surface area contributed by atoms with Crippen molar-refractivity contribution in [1.82, 2.24) is 9.91 Å². The number of nitrogens with zero attached hydrogens (tertiary/aromatic N) is 3.